The van der Waals surface area contributed by atoms with Gasteiger partial charge in [0.2, 0.25) is 11.8 Å². The Bertz CT molecular complexity index is 880. The summed E-state index contributed by atoms with van der Waals surface area (Å²) in [4.78, 5) is 52.6. The summed E-state index contributed by atoms with van der Waals surface area (Å²) < 4.78 is 10.2. The molecule has 3 atom stereocenters. The molecule has 0 radical (unpaired) electrons. The van der Waals surface area contributed by atoms with Crippen LogP contribution < -0.4 is 10.6 Å². The second-order valence-electron chi connectivity index (χ2n) is 9.48. The second-order valence-corrected chi connectivity index (χ2v) is 9.48. The molecule has 0 aromatic heterocycles. The zero-order valence-electron chi connectivity index (χ0n) is 22.3. The van der Waals surface area contributed by atoms with Crippen LogP contribution in [0.15, 0.2) is 24.3 Å². The molecule has 9 nitrogen and oxygen atoms in total. The number of amides is 3. The Morgan fingerprint density at radius 2 is 1.69 bits per heavy atom. The van der Waals surface area contributed by atoms with Gasteiger partial charge in [-0.1, -0.05) is 31.2 Å². The Balaban J connectivity index is 3.28. The van der Waals surface area contributed by atoms with Crippen molar-refractivity contribution in [1.82, 2.24) is 15.5 Å². The summed E-state index contributed by atoms with van der Waals surface area (Å²) in [5.74, 6) is -1.24. The number of nitrogens with zero attached hydrogens (tertiary/aromatic N) is 1. The van der Waals surface area contributed by atoms with Crippen LogP contribution in [0.5, 0.6) is 0 Å². The third-order valence-electron chi connectivity index (χ3n) is 5.37. The molecule has 3 amide bonds. The maximum absolute atomic E-state index is 13.6. The Hall–Kier alpha value is -3.10. The van der Waals surface area contributed by atoms with Crippen molar-refractivity contribution in [3.05, 3.63) is 35.4 Å². The first-order valence-corrected chi connectivity index (χ1v) is 12.1. The summed E-state index contributed by atoms with van der Waals surface area (Å²) in [6, 6.07) is 5.14. The number of carbonyl (C=O) groups excluding carboxylic acids is 4. The average molecular weight is 492 g/mol. The summed E-state index contributed by atoms with van der Waals surface area (Å²) in [5, 5.41) is 5.36. The van der Waals surface area contributed by atoms with Crippen LogP contribution in [0.4, 0.5) is 4.79 Å². The van der Waals surface area contributed by atoms with E-state index in [1.165, 1.54) is 4.90 Å². The molecule has 0 saturated heterocycles. The molecule has 0 heterocycles. The van der Waals surface area contributed by atoms with Crippen molar-refractivity contribution >= 4 is 23.9 Å². The van der Waals surface area contributed by atoms with Crippen molar-refractivity contribution in [3.8, 4) is 0 Å². The predicted molar refractivity (Wildman–Crippen MR) is 134 cm³/mol. The van der Waals surface area contributed by atoms with E-state index < -0.39 is 41.6 Å². The van der Waals surface area contributed by atoms with E-state index >= 15 is 0 Å². The number of benzene rings is 1. The zero-order valence-corrected chi connectivity index (χ0v) is 22.3. The van der Waals surface area contributed by atoms with Crippen molar-refractivity contribution in [2.24, 2.45) is 0 Å². The zero-order chi connectivity index (χ0) is 26.8. The highest BCUT2D eigenvalue weighted by molar-refractivity contribution is 5.92. The number of ether oxygens (including phenoxy) is 2. The average Bonchev–Trinajstić information content (AvgIpc) is 2.75. The number of hydrogen-bond acceptors (Lipinski definition) is 6. The van der Waals surface area contributed by atoms with Crippen LogP contribution in [0.25, 0.3) is 0 Å². The standard InChI is InChI=1S/C26H41N3O6/c1-9-18(4)29(24(32)19(5)28-25(33)35-26(6,7)8)22(20-14-12-11-13-17(20)3)23(31)27-16-15-21(30)34-10-2/h11-14,18-19,22H,9-10,15-16H2,1-8H3,(H,27,31)(H,28,33). The molecular formula is C26H41N3O6. The number of nitrogens with one attached hydrogen (secondary N) is 2. The van der Waals surface area contributed by atoms with E-state index in [-0.39, 0.29) is 25.6 Å². The first kappa shape index (κ1) is 29.9. The Labute approximate surface area is 208 Å². The fourth-order valence-corrected chi connectivity index (χ4v) is 3.49. The molecule has 1 rings (SSSR count). The normalized spacial score (nSPS) is 13.7. The van der Waals surface area contributed by atoms with Crippen molar-refractivity contribution in [2.75, 3.05) is 13.2 Å². The lowest BCUT2D eigenvalue weighted by molar-refractivity contribution is -0.145. The first-order valence-electron chi connectivity index (χ1n) is 12.1. The molecule has 0 saturated carbocycles. The largest absolute Gasteiger partial charge is 0.466 e. The number of alkyl carbamates (subject to hydrolysis) is 1. The van der Waals surface area contributed by atoms with Crippen molar-refractivity contribution in [3.63, 3.8) is 0 Å². The van der Waals surface area contributed by atoms with Gasteiger partial charge < -0.3 is 25.0 Å². The minimum Gasteiger partial charge on any atom is -0.466 e. The van der Waals surface area contributed by atoms with Crippen LogP contribution in [0.1, 0.15) is 78.5 Å². The van der Waals surface area contributed by atoms with Crippen LogP contribution in [-0.4, -0.2) is 59.6 Å². The lowest BCUT2D eigenvalue weighted by Crippen LogP contribution is -2.54. The van der Waals surface area contributed by atoms with E-state index in [0.29, 0.717) is 12.0 Å². The van der Waals surface area contributed by atoms with Gasteiger partial charge in [-0.2, -0.15) is 0 Å². The van der Waals surface area contributed by atoms with Gasteiger partial charge in [-0.25, -0.2) is 4.79 Å². The molecule has 2 N–H and O–H groups in total. The van der Waals surface area contributed by atoms with Gasteiger partial charge in [0, 0.05) is 12.6 Å². The van der Waals surface area contributed by atoms with E-state index in [1.807, 2.05) is 39.0 Å². The highest BCUT2D eigenvalue weighted by atomic mass is 16.6. The molecular weight excluding hydrogens is 450 g/mol. The van der Waals surface area contributed by atoms with Gasteiger partial charge in [-0.15, -0.1) is 0 Å². The summed E-state index contributed by atoms with van der Waals surface area (Å²) in [6.45, 7) is 14.5. The van der Waals surface area contributed by atoms with E-state index in [9.17, 15) is 19.2 Å². The Morgan fingerprint density at radius 3 is 2.23 bits per heavy atom. The van der Waals surface area contributed by atoms with Crippen molar-refractivity contribution in [1.29, 1.82) is 0 Å². The van der Waals surface area contributed by atoms with Crippen LogP contribution in [0, 0.1) is 6.92 Å². The SMILES string of the molecule is CCOC(=O)CCNC(=O)C(c1ccccc1C)N(C(=O)C(C)NC(=O)OC(C)(C)C)C(C)CC. The van der Waals surface area contributed by atoms with Gasteiger partial charge in [0.15, 0.2) is 0 Å². The molecule has 3 unspecified atom stereocenters. The maximum atomic E-state index is 13.6. The van der Waals surface area contributed by atoms with Crippen LogP contribution in [0.3, 0.4) is 0 Å². The fraction of sp³-hybridized carbons (Fsp3) is 0.615. The van der Waals surface area contributed by atoms with E-state index in [0.717, 1.165) is 5.56 Å². The summed E-state index contributed by atoms with van der Waals surface area (Å²) in [5.41, 5.74) is 0.789. The maximum Gasteiger partial charge on any atom is 0.408 e. The molecule has 0 bridgehead atoms. The van der Waals surface area contributed by atoms with Gasteiger partial charge in [-0.05, 0) is 66.0 Å². The van der Waals surface area contributed by atoms with E-state index in [1.54, 1.807) is 40.7 Å². The van der Waals surface area contributed by atoms with Crippen molar-refractivity contribution in [2.45, 2.75) is 92.0 Å². The number of hydrogen-bond donors (Lipinski definition) is 2. The molecule has 0 fully saturated rings. The Kier molecular flexibility index (Phi) is 11.7. The Morgan fingerprint density at radius 1 is 1.06 bits per heavy atom. The van der Waals surface area contributed by atoms with Gasteiger partial charge in [0.1, 0.15) is 17.7 Å². The van der Waals surface area contributed by atoms with Gasteiger partial charge in [0.05, 0.1) is 13.0 Å². The second kappa shape index (κ2) is 13.7. The van der Waals surface area contributed by atoms with E-state index in [2.05, 4.69) is 10.6 Å². The highest BCUT2D eigenvalue weighted by Crippen LogP contribution is 2.28. The van der Waals surface area contributed by atoms with Crippen LogP contribution in [0.2, 0.25) is 0 Å². The fourth-order valence-electron chi connectivity index (χ4n) is 3.49. The first-order chi connectivity index (χ1) is 16.3. The third-order valence-corrected chi connectivity index (χ3v) is 5.37. The number of rotatable bonds is 11. The minimum absolute atomic E-state index is 0.0218. The molecule has 1 aromatic carbocycles. The predicted octanol–water partition coefficient (Wildman–Crippen LogP) is 3.65. The molecule has 35 heavy (non-hydrogen) atoms. The monoisotopic (exact) mass is 491 g/mol. The topological polar surface area (TPSA) is 114 Å². The molecule has 0 spiro atoms. The summed E-state index contributed by atoms with van der Waals surface area (Å²) in [7, 11) is 0. The summed E-state index contributed by atoms with van der Waals surface area (Å²) >= 11 is 0. The van der Waals surface area contributed by atoms with Gasteiger partial charge >= 0.3 is 12.1 Å². The molecule has 0 aliphatic heterocycles. The molecule has 1 aromatic rings. The smallest absolute Gasteiger partial charge is 0.408 e. The van der Waals surface area contributed by atoms with Crippen molar-refractivity contribution < 1.29 is 28.7 Å². The lowest BCUT2D eigenvalue weighted by atomic mass is 9.96. The minimum atomic E-state index is -0.955. The highest BCUT2D eigenvalue weighted by Gasteiger charge is 2.37. The number of aryl methyl sites for hydroxylation is 1. The quantitative estimate of drug-likeness (QED) is 0.457. The number of esters is 1. The summed E-state index contributed by atoms with van der Waals surface area (Å²) in [6.07, 6.45) is -0.106. The molecule has 9 heteroatoms. The van der Waals surface area contributed by atoms with E-state index in [4.69, 9.17) is 9.47 Å². The van der Waals surface area contributed by atoms with Gasteiger partial charge in [0.25, 0.3) is 0 Å². The van der Waals surface area contributed by atoms with Crippen LogP contribution >= 0.6 is 0 Å². The van der Waals surface area contributed by atoms with Crippen LogP contribution in [-0.2, 0) is 23.9 Å². The van der Waals surface area contributed by atoms with Gasteiger partial charge in [-0.3, -0.25) is 14.4 Å². The molecule has 0 aliphatic rings. The third kappa shape index (κ3) is 9.58. The lowest BCUT2D eigenvalue weighted by Gasteiger charge is -2.38. The molecule has 196 valence electrons. The number of carbonyl (C=O) groups is 4. The molecule has 0 aliphatic carbocycles.